The number of pyridine rings is 1. The van der Waals surface area contributed by atoms with Crippen molar-refractivity contribution >= 4 is 16.7 Å². The Bertz CT molecular complexity index is 522. The SMILES string of the molecule is COC(=O)c1cc2cc(O)ccc2cn1. The lowest BCUT2D eigenvalue weighted by Gasteiger charge is -2.01. The van der Waals surface area contributed by atoms with E-state index in [1.807, 2.05) is 0 Å². The van der Waals surface area contributed by atoms with Crippen LogP contribution in [0.5, 0.6) is 5.75 Å². The molecule has 0 radical (unpaired) electrons. The highest BCUT2D eigenvalue weighted by Gasteiger charge is 2.07. The largest absolute Gasteiger partial charge is 0.508 e. The van der Waals surface area contributed by atoms with E-state index < -0.39 is 5.97 Å². The number of nitrogens with zero attached hydrogens (tertiary/aromatic N) is 1. The van der Waals surface area contributed by atoms with Crippen molar-refractivity contribution in [2.75, 3.05) is 7.11 Å². The summed E-state index contributed by atoms with van der Waals surface area (Å²) in [6.45, 7) is 0. The molecule has 1 N–H and O–H groups in total. The van der Waals surface area contributed by atoms with Crippen molar-refractivity contribution in [1.82, 2.24) is 4.98 Å². The fourth-order valence-corrected chi connectivity index (χ4v) is 1.34. The van der Waals surface area contributed by atoms with Crippen LogP contribution >= 0.6 is 0 Å². The number of fused-ring (bicyclic) bond motifs is 1. The van der Waals surface area contributed by atoms with Crippen LogP contribution < -0.4 is 0 Å². The zero-order chi connectivity index (χ0) is 10.8. The van der Waals surface area contributed by atoms with Gasteiger partial charge in [0.15, 0.2) is 0 Å². The molecule has 1 aromatic carbocycles. The van der Waals surface area contributed by atoms with Crippen molar-refractivity contribution in [2.45, 2.75) is 0 Å². The number of carbonyl (C=O) groups excluding carboxylic acids is 1. The molecular weight excluding hydrogens is 194 g/mol. The van der Waals surface area contributed by atoms with Gasteiger partial charge in [-0.05, 0) is 29.7 Å². The highest BCUT2D eigenvalue weighted by molar-refractivity contribution is 5.93. The van der Waals surface area contributed by atoms with Gasteiger partial charge in [-0.2, -0.15) is 0 Å². The molecule has 2 rings (SSSR count). The van der Waals surface area contributed by atoms with E-state index in [9.17, 15) is 9.90 Å². The van der Waals surface area contributed by atoms with Gasteiger partial charge in [0.25, 0.3) is 0 Å². The Balaban J connectivity index is 2.59. The molecule has 2 aromatic rings. The first kappa shape index (κ1) is 9.45. The van der Waals surface area contributed by atoms with Crippen molar-refractivity contribution in [3.8, 4) is 5.75 Å². The number of rotatable bonds is 1. The van der Waals surface area contributed by atoms with E-state index in [0.29, 0.717) is 0 Å². The molecule has 1 heterocycles. The van der Waals surface area contributed by atoms with Crippen LogP contribution in [-0.2, 0) is 4.74 Å². The first-order valence-corrected chi connectivity index (χ1v) is 4.38. The summed E-state index contributed by atoms with van der Waals surface area (Å²) in [5.41, 5.74) is 0.232. The Morgan fingerprint density at radius 1 is 1.33 bits per heavy atom. The van der Waals surface area contributed by atoms with Crippen molar-refractivity contribution in [1.29, 1.82) is 0 Å². The lowest BCUT2D eigenvalue weighted by molar-refractivity contribution is 0.0594. The highest BCUT2D eigenvalue weighted by Crippen LogP contribution is 2.19. The van der Waals surface area contributed by atoms with Gasteiger partial charge in [-0.3, -0.25) is 0 Å². The van der Waals surface area contributed by atoms with Crippen molar-refractivity contribution in [2.24, 2.45) is 0 Å². The topological polar surface area (TPSA) is 59.4 Å². The Morgan fingerprint density at radius 2 is 2.13 bits per heavy atom. The van der Waals surface area contributed by atoms with E-state index in [1.165, 1.54) is 7.11 Å². The summed E-state index contributed by atoms with van der Waals surface area (Å²) in [6, 6.07) is 6.46. The molecule has 0 aliphatic heterocycles. The van der Waals surface area contributed by atoms with E-state index in [2.05, 4.69) is 9.72 Å². The van der Waals surface area contributed by atoms with Crippen LogP contribution in [0.1, 0.15) is 10.5 Å². The van der Waals surface area contributed by atoms with Gasteiger partial charge in [0.1, 0.15) is 11.4 Å². The standard InChI is InChI=1S/C11H9NO3/c1-15-11(14)10-5-8-4-9(13)3-2-7(8)6-12-10/h2-6,13H,1H3. The van der Waals surface area contributed by atoms with E-state index >= 15 is 0 Å². The quantitative estimate of drug-likeness (QED) is 0.717. The smallest absolute Gasteiger partial charge is 0.356 e. The minimum Gasteiger partial charge on any atom is -0.508 e. The van der Waals surface area contributed by atoms with Crippen LogP contribution in [-0.4, -0.2) is 23.2 Å². The van der Waals surface area contributed by atoms with Crippen LogP contribution in [0.4, 0.5) is 0 Å². The van der Waals surface area contributed by atoms with Gasteiger partial charge in [-0.15, -0.1) is 0 Å². The van der Waals surface area contributed by atoms with Gasteiger partial charge in [0, 0.05) is 11.6 Å². The fraction of sp³-hybridized carbons (Fsp3) is 0.0909. The summed E-state index contributed by atoms with van der Waals surface area (Å²) in [4.78, 5) is 15.1. The van der Waals surface area contributed by atoms with E-state index in [1.54, 1.807) is 30.5 Å². The maximum atomic E-state index is 11.2. The monoisotopic (exact) mass is 203 g/mol. The number of aromatic hydroxyl groups is 1. The number of methoxy groups -OCH3 is 1. The summed E-state index contributed by atoms with van der Waals surface area (Å²) < 4.78 is 4.55. The summed E-state index contributed by atoms with van der Waals surface area (Å²) in [7, 11) is 1.30. The number of phenolic OH excluding ortho intramolecular Hbond substituents is 1. The third-order valence-corrected chi connectivity index (χ3v) is 2.10. The lowest BCUT2D eigenvalue weighted by atomic mass is 10.1. The number of ether oxygens (including phenoxy) is 1. The van der Waals surface area contributed by atoms with Crippen LogP contribution in [0, 0.1) is 0 Å². The molecule has 1 aromatic heterocycles. The summed E-state index contributed by atoms with van der Waals surface area (Å²) in [5, 5.41) is 10.9. The molecular formula is C11H9NO3. The highest BCUT2D eigenvalue weighted by atomic mass is 16.5. The number of hydrogen-bond acceptors (Lipinski definition) is 4. The molecule has 0 amide bonds. The molecule has 0 saturated heterocycles. The van der Waals surface area contributed by atoms with Crippen molar-refractivity contribution in [3.05, 3.63) is 36.2 Å². The molecule has 0 aliphatic rings. The molecule has 0 spiro atoms. The minimum atomic E-state index is -0.486. The van der Waals surface area contributed by atoms with Crippen molar-refractivity contribution in [3.63, 3.8) is 0 Å². The molecule has 15 heavy (non-hydrogen) atoms. The predicted molar refractivity (Wildman–Crippen MR) is 54.7 cm³/mol. The second-order valence-electron chi connectivity index (χ2n) is 3.09. The summed E-state index contributed by atoms with van der Waals surface area (Å²) in [6.07, 6.45) is 1.57. The first-order valence-electron chi connectivity index (χ1n) is 4.38. The second-order valence-corrected chi connectivity index (χ2v) is 3.09. The van der Waals surface area contributed by atoms with Crippen LogP contribution in [0.3, 0.4) is 0 Å². The molecule has 0 bridgehead atoms. The number of hydrogen-bond donors (Lipinski definition) is 1. The molecule has 0 saturated carbocycles. The van der Waals surface area contributed by atoms with Gasteiger partial charge < -0.3 is 9.84 Å². The predicted octanol–water partition coefficient (Wildman–Crippen LogP) is 1.73. The first-order chi connectivity index (χ1) is 7.20. The minimum absolute atomic E-state index is 0.157. The number of phenols is 1. The van der Waals surface area contributed by atoms with Gasteiger partial charge in [0.2, 0.25) is 0 Å². The lowest BCUT2D eigenvalue weighted by Crippen LogP contribution is -2.03. The van der Waals surface area contributed by atoms with Gasteiger partial charge in [-0.1, -0.05) is 0 Å². The Morgan fingerprint density at radius 3 is 2.87 bits per heavy atom. The van der Waals surface area contributed by atoms with E-state index in [0.717, 1.165) is 10.8 Å². The normalized spacial score (nSPS) is 10.2. The van der Waals surface area contributed by atoms with Crippen molar-refractivity contribution < 1.29 is 14.6 Å². The summed E-state index contributed by atoms with van der Waals surface area (Å²) >= 11 is 0. The van der Waals surface area contributed by atoms with Crippen LogP contribution in [0.25, 0.3) is 10.8 Å². The van der Waals surface area contributed by atoms with Gasteiger partial charge >= 0.3 is 5.97 Å². The molecule has 0 unspecified atom stereocenters. The van der Waals surface area contributed by atoms with Crippen LogP contribution in [0.15, 0.2) is 30.5 Å². The van der Waals surface area contributed by atoms with E-state index in [4.69, 9.17) is 0 Å². The number of esters is 1. The number of carbonyl (C=O) groups is 1. The van der Waals surface area contributed by atoms with E-state index in [-0.39, 0.29) is 11.4 Å². The van der Waals surface area contributed by atoms with Crippen LogP contribution in [0.2, 0.25) is 0 Å². The zero-order valence-electron chi connectivity index (χ0n) is 8.10. The maximum absolute atomic E-state index is 11.2. The Hall–Kier alpha value is -2.10. The third-order valence-electron chi connectivity index (χ3n) is 2.10. The molecule has 76 valence electrons. The molecule has 4 heteroatoms. The van der Waals surface area contributed by atoms with Gasteiger partial charge in [0.05, 0.1) is 7.11 Å². The Kier molecular flexibility index (Phi) is 2.25. The molecule has 0 fully saturated rings. The number of benzene rings is 1. The third kappa shape index (κ3) is 1.74. The summed E-state index contributed by atoms with van der Waals surface area (Å²) in [5.74, 6) is -0.329. The molecule has 4 nitrogen and oxygen atoms in total. The van der Waals surface area contributed by atoms with Gasteiger partial charge in [-0.25, -0.2) is 9.78 Å². The zero-order valence-corrected chi connectivity index (χ0v) is 8.10. The molecule has 0 atom stereocenters. The maximum Gasteiger partial charge on any atom is 0.356 e. The average Bonchev–Trinajstić information content (AvgIpc) is 2.27. The number of aromatic nitrogens is 1. The average molecular weight is 203 g/mol. The second kappa shape index (κ2) is 3.57. The fourth-order valence-electron chi connectivity index (χ4n) is 1.34. The molecule has 0 aliphatic carbocycles. The Labute approximate surface area is 86.1 Å².